The fourth-order valence-corrected chi connectivity index (χ4v) is 2.42. The zero-order chi connectivity index (χ0) is 14.3. The van der Waals surface area contributed by atoms with Gasteiger partial charge in [0, 0.05) is 6.07 Å². The maximum absolute atomic E-state index is 13.5. The van der Waals surface area contributed by atoms with Gasteiger partial charge in [-0.2, -0.15) is 0 Å². The summed E-state index contributed by atoms with van der Waals surface area (Å²) in [5.41, 5.74) is 1.20. The minimum Gasteiger partial charge on any atom is -0.444 e. The number of benzene rings is 1. The summed E-state index contributed by atoms with van der Waals surface area (Å²) in [6.07, 6.45) is 1.64. The van der Waals surface area contributed by atoms with E-state index in [-0.39, 0.29) is 10.9 Å². The van der Waals surface area contributed by atoms with E-state index in [4.69, 9.17) is 27.6 Å². The van der Waals surface area contributed by atoms with Crippen LogP contribution >= 0.6 is 23.2 Å². The van der Waals surface area contributed by atoms with Gasteiger partial charge in [0.1, 0.15) is 23.9 Å². The first-order chi connectivity index (χ1) is 9.58. The number of rotatable bonds is 3. The molecule has 0 amide bonds. The first-order valence-corrected chi connectivity index (χ1v) is 6.81. The summed E-state index contributed by atoms with van der Waals surface area (Å²) in [6.45, 7) is 2.19. The van der Waals surface area contributed by atoms with E-state index in [9.17, 15) is 4.39 Å². The smallest absolute Gasteiger partial charge is 0.214 e. The van der Waals surface area contributed by atoms with Crippen molar-refractivity contribution in [3.63, 3.8) is 0 Å². The third-order valence-electron chi connectivity index (χ3n) is 2.95. The molecule has 7 heteroatoms. The van der Waals surface area contributed by atoms with Gasteiger partial charge in [-0.1, -0.05) is 11.6 Å². The summed E-state index contributed by atoms with van der Waals surface area (Å²) in [6, 6.07) is 2.83. The molecule has 2 heterocycles. The Hall–Kier alpha value is -1.59. The lowest BCUT2D eigenvalue weighted by molar-refractivity contribution is 0.457. The first-order valence-electron chi connectivity index (χ1n) is 5.90. The molecule has 0 aliphatic carbocycles. The predicted octanol–water partition coefficient (Wildman–Crippen LogP) is 3.91. The van der Waals surface area contributed by atoms with Crippen molar-refractivity contribution in [2.24, 2.45) is 0 Å². The standard InChI is InChI=1S/C13H10Cl2FN3O/c1-7-5-17-13(20-7)6-19-11-2-8(15)9(16)3-10(11)18-12(19)4-14/h2-3,5H,4,6H2,1H3. The Bertz CT molecular complexity index is 781. The second kappa shape index (κ2) is 5.07. The highest BCUT2D eigenvalue weighted by Gasteiger charge is 2.15. The molecular formula is C13H10Cl2FN3O. The molecule has 0 saturated heterocycles. The molecule has 0 aliphatic heterocycles. The van der Waals surface area contributed by atoms with Crippen molar-refractivity contribution in [2.45, 2.75) is 19.3 Å². The highest BCUT2D eigenvalue weighted by atomic mass is 35.5. The summed E-state index contributed by atoms with van der Waals surface area (Å²) in [7, 11) is 0. The average molecular weight is 314 g/mol. The number of halogens is 3. The number of hydrogen-bond donors (Lipinski definition) is 0. The number of oxazole rings is 1. The molecule has 2 aromatic heterocycles. The molecule has 0 atom stereocenters. The van der Waals surface area contributed by atoms with Crippen molar-refractivity contribution in [1.82, 2.24) is 14.5 Å². The van der Waals surface area contributed by atoms with Crippen molar-refractivity contribution >= 4 is 34.2 Å². The van der Waals surface area contributed by atoms with E-state index in [0.29, 0.717) is 29.3 Å². The van der Waals surface area contributed by atoms with Gasteiger partial charge in [-0.25, -0.2) is 14.4 Å². The maximum Gasteiger partial charge on any atom is 0.214 e. The van der Waals surface area contributed by atoms with Crippen LogP contribution in [0.5, 0.6) is 0 Å². The zero-order valence-corrected chi connectivity index (χ0v) is 12.0. The third-order valence-corrected chi connectivity index (χ3v) is 3.48. The monoisotopic (exact) mass is 313 g/mol. The minimum absolute atomic E-state index is 0.0448. The Morgan fingerprint density at radius 1 is 1.40 bits per heavy atom. The molecule has 3 aromatic rings. The van der Waals surface area contributed by atoms with E-state index in [1.807, 2.05) is 11.5 Å². The fraction of sp³-hybridized carbons (Fsp3) is 0.231. The van der Waals surface area contributed by atoms with Gasteiger partial charge in [0.2, 0.25) is 5.89 Å². The normalized spacial score (nSPS) is 11.4. The van der Waals surface area contributed by atoms with Crippen molar-refractivity contribution in [1.29, 1.82) is 0 Å². The van der Waals surface area contributed by atoms with Crippen LogP contribution in [-0.2, 0) is 12.4 Å². The van der Waals surface area contributed by atoms with E-state index in [2.05, 4.69) is 9.97 Å². The molecule has 0 saturated carbocycles. The maximum atomic E-state index is 13.5. The van der Waals surface area contributed by atoms with Crippen molar-refractivity contribution in [2.75, 3.05) is 0 Å². The number of alkyl halides is 1. The van der Waals surface area contributed by atoms with Crippen LogP contribution in [0.15, 0.2) is 22.7 Å². The topological polar surface area (TPSA) is 43.9 Å². The predicted molar refractivity (Wildman–Crippen MR) is 74.6 cm³/mol. The number of nitrogens with zero attached hydrogens (tertiary/aromatic N) is 3. The molecule has 0 aliphatic rings. The molecule has 20 heavy (non-hydrogen) atoms. The average Bonchev–Trinajstić information content (AvgIpc) is 2.96. The SMILES string of the molecule is Cc1cnc(Cn2c(CCl)nc3cc(F)c(Cl)cc32)o1. The highest BCUT2D eigenvalue weighted by molar-refractivity contribution is 6.31. The Balaban J connectivity index is 2.14. The highest BCUT2D eigenvalue weighted by Crippen LogP contribution is 2.25. The Morgan fingerprint density at radius 2 is 2.20 bits per heavy atom. The van der Waals surface area contributed by atoms with Gasteiger partial charge in [-0.15, -0.1) is 11.6 Å². The lowest BCUT2D eigenvalue weighted by atomic mass is 10.3. The Labute approximate surface area is 124 Å². The quantitative estimate of drug-likeness (QED) is 0.688. The van der Waals surface area contributed by atoms with Gasteiger partial charge in [0.25, 0.3) is 0 Å². The van der Waals surface area contributed by atoms with Crippen LogP contribution in [0.4, 0.5) is 4.39 Å². The largest absolute Gasteiger partial charge is 0.444 e. The number of imidazole rings is 1. The van der Waals surface area contributed by atoms with E-state index in [0.717, 1.165) is 5.76 Å². The molecule has 0 N–H and O–H groups in total. The van der Waals surface area contributed by atoms with Gasteiger partial charge in [-0.05, 0) is 13.0 Å². The van der Waals surface area contributed by atoms with Gasteiger partial charge in [0.15, 0.2) is 0 Å². The lowest BCUT2D eigenvalue weighted by Gasteiger charge is -2.05. The van der Waals surface area contributed by atoms with Crippen molar-refractivity contribution < 1.29 is 8.81 Å². The summed E-state index contributed by atoms with van der Waals surface area (Å²) >= 11 is 11.7. The Morgan fingerprint density at radius 3 is 2.85 bits per heavy atom. The van der Waals surface area contributed by atoms with Crippen LogP contribution in [0.3, 0.4) is 0 Å². The van der Waals surface area contributed by atoms with Crippen LogP contribution < -0.4 is 0 Å². The zero-order valence-electron chi connectivity index (χ0n) is 10.5. The van der Waals surface area contributed by atoms with Gasteiger partial charge in [-0.3, -0.25) is 0 Å². The summed E-state index contributed by atoms with van der Waals surface area (Å²) < 4.78 is 20.7. The van der Waals surface area contributed by atoms with E-state index < -0.39 is 5.82 Å². The summed E-state index contributed by atoms with van der Waals surface area (Å²) in [5.74, 6) is 1.57. The molecule has 0 fully saturated rings. The van der Waals surface area contributed by atoms with Gasteiger partial charge >= 0.3 is 0 Å². The fourth-order valence-electron chi connectivity index (χ4n) is 2.06. The number of aryl methyl sites for hydroxylation is 1. The van der Waals surface area contributed by atoms with Crippen LogP contribution in [0, 0.1) is 12.7 Å². The minimum atomic E-state index is -0.503. The van der Waals surface area contributed by atoms with Gasteiger partial charge in [0.05, 0.1) is 28.1 Å². The number of hydrogen-bond acceptors (Lipinski definition) is 3. The second-order valence-corrected chi connectivity index (χ2v) is 5.04. The van der Waals surface area contributed by atoms with E-state index in [1.54, 1.807) is 6.20 Å². The number of fused-ring (bicyclic) bond motifs is 1. The number of aromatic nitrogens is 3. The second-order valence-electron chi connectivity index (χ2n) is 4.37. The van der Waals surface area contributed by atoms with E-state index >= 15 is 0 Å². The molecule has 0 unspecified atom stereocenters. The van der Waals surface area contributed by atoms with Crippen LogP contribution in [0.1, 0.15) is 17.5 Å². The molecule has 0 spiro atoms. The molecule has 3 rings (SSSR count). The molecule has 0 bridgehead atoms. The van der Waals surface area contributed by atoms with Crippen LogP contribution in [0.25, 0.3) is 11.0 Å². The summed E-state index contributed by atoms with van der Waals surface area (Å²) in [5, 5.41) is 0.0448. The molecular weight excluding hydrogens is 304 g/mol. The Kier molecular flexibility index (Phi) is 3.40. The molecule has 0 radical (unpaired) electrons. The summed E-state index contributed by atoms with van der Waals surface area (Å²) in [4.78, 5) is 8.45. The van der Waals surface area contributed by atoms with Crippen LogP contribution in [-0.4, -0.2) is 14.5 Å². The third kappa shape index (κ3) is 2.27. The lowest BCUT2D eigenvalue weighted by Crippen LogP contribution is -2.04. The van der Waals surface area contributed by atoms with Crippen molar-refractivity contribution in [3.05, 3.63) is 46.6 Å². The molecule has 104 valence electrons. The molecule has 1 aromatic carbocycles. The van der Waals surface area contributed by atoms with Crippen molar-refractivity contribution in [3.8, 4) is 0 Å². The van der Waals surface area contributed by atoms with Crippen LogP contribution in [0.2, 0.25) is 5.02 Å². The molecule has 4 nitrogen and oxygen atoms in total. The van der Waals surface area contributed by atoms with E-state index in [1.165, 1.54) is 12.1 Å². The first kappa shape index (κ1) is 13.4. The van der Waals surface area contributed by atoms with Gasteiger partial charge < -0.3 is 8.98 Å².